The predicted molar refractivity (Wildman–Crippen MR) is 183 cm³/mol. The van der Waals surface area contributed by atoms with Crippen molar-refractivity contribution in [1.82, 2.24) is 0 Å². The quantitative estimate of drug-likeness (QED) is 0.121. The van der Waals surface area contributed by atoms with Gasteiger partial charge >= 0.3 is 0 Å². The summed E-state index contributed by atoms with van der Waals surface area (Å²) >= 11 is 0. The zero-order valence-electron chi connectivity index (χ0n) is 25.6. The van der Waals surface area contributed by atoms with Crippen LogP contribution in [-0.4, -0.2) is 32.5 Å². The van der Waals surface area contributed by atoms with Gasteiger partial charge in [-0.3, -0.25) is 0 Å². The van der Waals surface area contributed by atoms with E-state index in [1.54, 1.807) is 14.2 Å². The topological polar surface area (TPSA) is 47.9 Å². The number of hydrogen-bond acceptors (Lipinski definition) is 4. The van der Waals surface area contributed by atoms with Gasteiger partial charge in [-0.2, -0.15) is 0 Å². The van der Waals surface area contributed by atoms with Gasteiger partial charge in [0.1, 0.15) is 17.1 Å². The first-order chi connectivity index (χ1) is 22.1. The van der Waals surface area contributed by atoms with E-state index in [4.69, 9.17) is 14.2 Å². The summed E-state index contributed by atoms with van der Waals surface area (Å²) in [7, 11) is 3.34. The molecule has 0 aliphatic carbocycles. The number of aliphatic hydroxyl groups excluding tert-OH is 1. The van der Waals surface area contributed by atoms with Crippen molar-refractivity contribution in [1.29, 1.82) is 0 Å². The highest BCUT2D eigenvalue weighted by Crippen LogP contribution is 2.42. The highest BCUT2D eigenvalue weighted by molar-refractivity contribution is 6.23. The van der Waals surface area contributed by atoms with E-state index < -0.39 is 5.60 Å². The molecule has 0 aromatic heterocycles. The molecular formula is C41H36O4. The molecule has 7 rings (SSSR count). The Morgan fingerprint density at radius 3 is 1.67 bits per heavy atom. The normalized spacial score (nSPS) is 12.6. The van der Waals surface area contributed by atoms with Gasteiger partial charge in [-0.25, -0.2) is 0 Å². The molecule has 7 aromatic rings. The minimum absolute atomic E-state index is 0.00191. The first-order valence-electron chi connectivity index (χ1n) is 15.4. The van der Waals surface area contributed by atoms with Crippen LogP contribution in [0.15, 0.2) is 133 Å². The number of ether oxygens (including phenoxy) is 3. The highest BCUT2D eigenvalue weighted by Gasteiger charge is 2.38. The fourth-order valence-corrected chi connectivity index (χ4v) is 6.78. The summed E-state index contributed by atoms with van der Waals surface area (Å²) in [4.78, 5) is 0. The Bertz CT molecular complexity index is 1970. The minimum atomic E-state index is -0.935. The van der Waals surface area contributed by atoms with E-state index in [9.17, 15) is 5.11 Å². The van der Waals surface area contributed by atoms with Gasteiger partial charge in [-0.1, -0.05) is 109 Å². The average Bonchev–Trinajstić information content (AvgIpc) is 3.11. The molecule has 0 bridgehead atoms. The van der Waals surface area contributed by atoms with Crippen molar-refractivity contribution in [3.63, 3.8) is 0 Å². The highest BCUT2D eigenvalue weighted by atomic mass is 16.5. The molecule has 0 aliphatic heterocycles. The molecule has 0 radical (unpaired) electrons. The molecule has 1 atom stereocenters. The molecule has 0 fully saturated rings. The van der Waals surface area contributed by atoms with Gasteiger partial charge in [0.2, 0.25) is 0 Å². The summed E-state index contributed by atoms with van der Waals surface area (Å²) in [6.45, 7) is 0.337. The van der Waals surface area contributed by atoms with E-state index >= 15 is 0 Å². The lowest BCUT2D eigenvalue weighted by molar-refractivity contribution is -0.0182. The van der Waals surface area contributed by atoms with Crippen LogP contribution in [-0.2, 0) is 16.8 Å². The van der Waals surface area contributed by atoms with E-state index in [1.807, 2.05) is 42.5 Å². The van der Waals surface area contributed by atoms with E-state index in [0.29, 0.717) is 13.0 Å². The van der Waals surface area contributed by atoms with Crippen LogP contribution < -0.4 is 9.47 Å². The second-order valence-corrected chi connectivity index (χ2v) is 11.6. The van der Waals surface area contributed by atoms with Gasteiger partial charge in [0.05, 0.1) is 20.8 Å². The standard InChI is InChI=1S/C41H36O4/c1-43-36-20-16-34(17-21-36)41(33-9-4-3-5-10-33,35-18-22-37(44-2)23-19-35)45-27-28(26-42)25-32-14-13-31-12-11-29-7-6-8-30-15-24-38(32)40(31)39(29)30/h3-24,28,42H,25-27H2,1-2H3. The Balaban J connectivity index is 1.29. The van der Waals surface area contributed by atoms with Crippen LogP contribution in [0.2, 0.25) is 0 Å². The molecule has 4 heteroatoms. The lowest BCUT2D eigenvalue weighted by Gasteiger charge is -2.37. The maximum Gasteiger partial charge on any atom is 0.143 e. The lowest BCUT2D eigenvalue weighted by Crippen LogP contribution is -2.35. The summed E-state index contributed by atoms with van der Waals surface area (Å²) in [6, 6.07) is 46.2. The second kappa shape index (κ2) is 12.2. The Hall–Kier alpha value is -4.90. The van der Waals surface area contributed by atoms with E-state index in [-0.39, 0.29) is 12.5 Å². The average molecular weight is 593 g/mol. The molecular weight excluding hydrogens is 556 g/mol. The Morgan fingerprint density at radius 1 is 0.556 bits per heavy atom. The zero-order valence-corrected chi connectivity index (χ0v) is 25.6. The van der Waals surface area contributed by atoms with Gasteiger partial charge in [0.25, 0.3) is 0 Å². The van der Waals surface area contributed by atoms with Crippen molar-refractivity contribution < 1.29 is 19.3 Å². The first-order valence-corrected chi connectivity index (χ1v) is 15.4. The summed E-state index contributed by atoms with van der Waals surface area (Å²) < 4.78 is 18.1. The van der Waals surface area contributed by atoms with Crippen molar-refractivity contribution in [2.24, 2.45) is 5.92 Å². The van der Waals surface area contributed by atoms with Gasteiger partial charge in [0.15, 0.2) is 0 Å². The van der Waals surface area contributed by atoms with Crippen LogP contribution in [0.5, 0.6) is 11.5 Å². The van der Waals surface area contributed by atoms with Crippen LogP contribution >= 0.6 is 0 Å². The number of methoxy groups -OCH3 is 2. The van der Waals surface area contributed by atoms with Crippen LogP contribution in [0, 0.1) is 5.92 Å². The number of aliphatic hydroxyl groups is 1. The third-order valence-electron chi connectivity index (χ3n) is 9.09. The molecule has 1 unspecified atom stereocenters. The number of benzene rings is 7. The lowest BCUT2D eigenvalue weighted by atomic mass is 9.79. The van der Waals surface area contributed by atoms with Crippen molar-refractivity contribution in [3.05, 3.63) is 156 Å². The van der Waals surface area contributed by atoms with Gasteiger partial charge < -0.3 is 19.3 Å². The Morgan fingerprint density at radius 2 is 1.09 bits per heavy atom. The van der Waals surface area contributed by atoms with Crippen LogP contribution in [0.3, 0.4) is 0 Å². The Kier molecular flexibility index (Phi) is 7.85. The van der Waals surface area contributed by atoms with E-state index in [1.165, 1.54) is 37.9 Å². The number of rotatable bonds is 11. The molecule has 224 valence electrons. The fraction of sp³-hybridized carbons (Fsp3) is 0.171. The summed E-state index contributed by atoms with van der Waals surface area (Å²) in [5.74, 6) is 1.42. The SMILES string of the molecule is COc1ccc(C(OCC(CO)Cc2ccc3ccc4cccc5ccc2c3c45)(c2ccccc2)c2ccc(OC)cc2)cc1. The van der Waals surface area contributed by atoms with Gasteiger partial charge in [-0.05, 0) is 85.3 Å². The molecule has 0 amide bonds. The molecule has 0 aliphatic rings. The van der Waals surface area contributed by atoms with Crippen molar-refractivity contribution in [2.45, 2.75) is 12.0 Å². The van der Waals surface area contributed by atoms with Gasteiger partial charge in [0, 0.05) is 12.5 Å². The van der Waals surface area contributed by atoms with Crippen molar-refractivity contribution in [3.8, 4) is 11.5 Å². The summed E-state index contributed by atoms with van der Waals surface area (Å²) in [6.07, 6.45) is 0.681. The minimum Gasteiger partial charge on any atom is -0.497 e. The Labute approximate surface area is 263 Å². The molecule has 7 aromatic carbocycles. The van der Waals surface area contributed by atoms with Crippen LogP contribution in [0.25, 0.3) is 32.3 Å². The molecule has 0 heterocycles. The second-order valence-electron chi connectivity index (χ2n) is 11.6. The molecule has 0 spiro atoms. The maximum atomic E-state index is 10.8. The van der Waals surface area contributed by atoms with Gasteiger partial charge in [-0.15, -0.1) is 0 Å². The smallest absolute Gasteiger partial charge is 0.143 e. The van der Waals surface area contributed by atoms with Crippen molar-refractivity contribution in [2.75, 3.05) is 27.4 Å². The molecule has 0 saturated carbocycles. The molecule has 4 nitrogen and oxygen atoms in total. The largest absolute Gasteiger partial charge is 0.497 e. The van der Waals surface area contributed by atoms with Crippen LogP contribution in [0.4, 0.5) is 0 Å². The van der Waals surface area contributed by atoms with Crippen molar-refractivity contribution >= 4 is 32.3 Å². The maximum absolute atomic E-state index is 10.8. The van der Waals surface area contributed by atoms with E-state index in [0.717, 1.165) is 28.2 Å². The molecule has 1 N–H and O–H groups in total. The summed E-state index contributed by atoms with van der Waals surface area (Å²) in [5.41, 5.74) is 3.22. The third-order valence-corrected chi connectivity index (χ3v) is 9.09. The third kappa shape index (κ3) is 5.16. The number of hydrogen-bond donors (Lipinski definition) is 1. The summed E-state index contributed by atoms with van der Waals surface area (Å²) in [5, 5.41) is 18.3. The molecule has 0 saturated heterocycles. The molecule has 45 heavy (non-hydrogen) atoms. The fourth-order valence-electron chi connectivity index (χ4n) is 6.78. The zero-order chi connectivity index (χ0) is 30.8. The van der Waals surface area contributed by atoms with E-state index in [2.05, 4.69) is 91.0 Å². The monoisotopic (exact) mass is 592 g/mol. The predicted octanol–water partition coefficient (Wildman–Crippen LogP) is 8.76. The van der Waals surface area contributed by atoms with Crippen LogP contribution in [0.1, 0.15) is 22.3 Å². The first kappa shape index (κ1) is 28.8.